The van der Waals surface area contributed by atoms with Crippen LogP contribution < -0.4 is 10.6 Å². The highest BCUT2D eigenvalue weighted by atomic mass is 127. The number of aliphatic imine (C=N–C) groups is 1. The Bertz CT molecular complexity index is 536. The van der Waals surface area contributed by atoms with Crippen molar-refractivity contribution in [2.45, 2.75) is 78.8 Å². The molecule has 1 unspecified atom stereocenters. The van der Waals surface area contributed by atoms with Gasteiger partial charge in [-0.1, -0.05) is 40.5 Å². The van der Waals surface area contributed by atoms with Crippen LogP contribution >= 0.6 is 24.0 Å². The lowest BCUT2D eigenvalue weighted by atomic mass is 10.0. The van der Waals surface area contributed by atoms with Gasteiger partial charge in [0.05, 0.1) is 6.54 Å². The largest absolute Gasteiger partial charge is 0.357 e. The Morgan fingerprint density at radius 2 is 2.00 bits per heavy atom. The van der Waals surface area contributed by atoms with E-state index in [1.807, 2.05) is 0 Å². The molecule has 2 heterocycles. The smallest absolute Gasteiger partial charge is 0.191 e. The molecule has 0 aromatic carbocycles. The van der Waals surface area contributed by atoms with E-state index in [0.29, 0.717) is 17.9 Å². The van der Waals surface area contributed by atoms with Crippen LogP contribution in [0.2, 0.25) is 0 Å². The van der Waals surface area contributed by atoms with Gasteiger partial charge in [0.25, 0.3) is 0 Å². The van der Waals surface area contributed by atoms with Crippen LogP contribution in [0.5, 0.6) is 0 Å². The Kier molecular flexibility index (Phi) is 9.74. The summed E-state index contributed by atoms with van der Waals surface area (Å²) in [5.41, 5.74) is 0. The Morgan fingerprint density at radius 3 is 2.60 bits per heavy atom. The number of aromatic nitrogens is 3. The van der Waals surface area contributed by atoms with Crippen LogP contribution in [-0.4, -0.2) is 39.9 Å². The van der Waals surface area contributed by atoms with Crippen molar-refractivity contribution in [3.05, 3.63) is 11.6 Å². The number of hydrogen-bond donors (Lipinski definition) is 2. The minimum Gasteiger partial charge on any atom is -0.357 e. The zero-order valence-corrected chi connectivity index (χ0v) is 18.7. The molecule has 144 valence electrons. The number of rotatable bonds is 7. The Balaban J connectivity index is 0.00000312. The van der Waals surface area contributed by atoms with E-state index in [0.717, 1.165) is 50.1 Å². The summed E-state index contributed by atoms with van der Waals surface area (Å²) in [6, 6.07) is 0.360. The highest BCUT2D eigenvalue weighted by Gasteiger charge is 2.23. The third-order valence-electron chi connectivity index (χ3n) is 4.74. The fourth-order valence-electron chi connectivity index (χ4n) is 2.97. The van der Waals surface area contributed by atoms with Crippen LogP contribution in [-0.2, 0) is 13.0 Å². The van der Waals surface area contributed by atoms with E-state index in [1.54, 1.807) is 0 Å². The van der Waals surface area contributed by atoms with Gasteiger partial charge < -0.3 is 10.6 Å². The number of nitrogens with one attached hydrogen (secondary N) is 2. The molecule has 7 heteroatoms. The highest BCUT2D eigenvalue weighted by Crippen LogP contribution is 2.17. The van der Waals surface area contributed by atoms with Crippen molar-refractivity contribution < 1.29 is 0 Å². The van der Waals surface area contributed by atoms with Gasteiger partial charge in [0.15, 0.2) is 11.8 Å². The fourth-order valence-corrected chi connectivity index (χ4v) is 2.97. The molecule has 0 saturated heterocycles. The van der Waals surface area contributed by atoms with Crippen LogP contribution in [0.1, 0.15) is 71.4 Å². The van der Waals surface area contributed by atoms with Crippen LogP contribution in [0.15, 0.2) is 4.99 Å². The van der Waals surface area contributed by atoms with E-state index in [2.05, 4.69) is 60.0 Å². The van der Waals surface area contributed by atoms with Gasteiger partial charge in [-0.15, -0.1) is 24.0 Å². The van der Waals surface area contributed by atoms with Crippen molar-refractivity contribution in [1.82, 2.24) is 25.4 Å². The minimum atomic E-state index is 0. The summed E-state index contributed by atoms with van der Waals surface area (Å²) in [5, 5.41) is 11.6. The van der Waals surface area contributed by atoms with Crippen LogP contribution in [0.25, 0.3) is 0 Å². The topological polar surface area (TPSA) is 67.1 Å². The van der Waals surface area contributed by atoms with Crippen LogP contribution in [0, 0.1) is 5.92 Å². The monoisotopic (exact) mass is 462 g/mol. The number of halogens is 1. The summed E-state index contributed by atoms with van der Waals surface area (Å²) < 4.78 is 2.07. The van der Waals surface area contributed by atoms with Gasteiger partial charge in [0, 0.05) is 31.5 Å². The molecule has 1 atom stereocenters. The molecule has 0 fully saturated rings. The number of fused-ring (bicyclic) bond motifs is 1. The average Bonchev–Trinajstić information content (AvgIpc) is 2.99. The highest BCUT2D eigenvalue weighted by molar-refractivity contribution is 14.0. The quantitative estimate of drug-likeness (QED) is 0.371. The number of hydrogen-bond acceptors (Lipinski definition) is 3. The van der Waals surface area contributed by atoms with Gasteiger partial charge >= 0.3 is 0 Å². The molecule has 6 nitrogen and oxygen atoms in total. The van der Waals surface area contributed by atoms with E-state index in [4.69, 9.17) is 4.99 Å². The van der Waals surface area contributed by atoms with Crippen molar-refractivity contribution >= 4 is 29.9 Å². The zero-order valence-electron chi connectivity index (χ0n) is 16.4. The van der Waals surface area contributed by atoms with E-state index >= 15 is 0 Å². The summed E-state index contributed by atoms with van der Waals surface area (Å²) in [4.78, 5) is 9.45. The lowest BCUT2D eigenvalue weighted by Gasteiger charge is -2.25. The predicted molar refractivity (Wildman–Crippen MR) is 115 cm³/mol. The third-order valence-corrected chi connectivity index (χ3v) is 4.74. The summed E-state index contributed by atoms with van der Waals surface area (Å²) in [6.45, 7) is 13.5. The molecule has 25 heavy (non-hydrogen) atoms. The molecule has 0 saturated carbocycles. The molecule has 0 aliphatic carbocycles. The summed E-state index contributed by atoms with van der Waals surface area (Å²) in [6.07, 6.45) is 4.42. The number of nitrogens with zero attached hydrogens (tertiary/aromatic N) is 4. The van der Waals surface area contributed by atoms with E-state index < -0.39 is 0 Å². The normalized spacial score (nSPS) is 17.4. The maximum Gasteiger partial charge on any atom is 0.191 e. The zero-order chi connectivity index (χ0) is 17.5. The Hall–Kier alpha value is -0.860. The van der Waals surface area contributed by atoms with Crippen LogP contribution in [0.3, 0.4) is 0 Å². The molecule has 1 aliphatic heterocycles. The van der Waals surface area contributed by atoms with Gasteiger partial charge in [-0.05, 0) is 19.3 Å². The van der Waals surface area contributed by atoms with Gasteiger partial charge in [0.1, 0.15) is 5.82 Å². The first kappa shape index (κ1) is 22.2. The molecule has 2 rings (SSSR count). The van der Waals surface area contributed by atoms with Crippen molar-refractivity contribution in [2.24, 2.45) is 10.9 Å². The lowest BCUT2D eigenvalue weighted by molar-refractivity contribution is 0.391. The SMILES string of the molecule is CCNC(=NCC(CC)CC)NC1CCc2nc(C(C)C)nn2C1.I. The predicted octanol–water partition coefficient (Wildman–Crippen LogP) is 3.33. The molecule has 0 amide bonds. The second-order valence-electron chi connectivity index (χ2n) is 7.01. The molecule has 0 radical (unpaired) electrons. The van der Waals surface area contributed by atoms with Gasteiger partial charge in [-0.2, -0.15) is 5.10 Å². The molecule has 1 aromatic rings. The van der Waals surface area contributed by atoms with Crippen LogP contribution in [0.4, 0.5) is 0 Å². The molecule has 0 bridgehead atoms. The lowest BCUT2D eigenvalue weighted by Crippen LogP contribution is -2.47. The van der Waals surface area contributed by atoms with E-state index in [1.165, 1.54) is 12.8 Å². The van der Waals surface area contributed by atoms with Gasteiger partial charge in [0.2, 0.25) is 0 Å². The molecule has 0 spiro atoms. The first-order valence-electron chi connectivity index (χ1n) is 9.55. The maximum atomic E-state index is 4.79. The van der Waals surface area contributed by atoms with Crippen molar-refractivity contribution in [2.75, 3.05) is 13.1 Å². The summed E-state index contributed by atoms with van der Waals surface area (Å²) in [7, 11) is 0. The molecule has 1 aromatic heterocycles. The number of aryl methyl sites for hydroxylation is 1. The minimum absolute atomic E-state index is 0. The van der Waals surface area contributed by atoms with Crippen molar-refractivity contribution in [1.29, 1.82) is 0 Å². The first-order chi connectivity index (χ1) is 11.6. The summed E-state index contributed by atoms with van der Waals surface area (Å²) >= 11 is 0. The Labute approximate surface area is 169 Å². The van der Waals surface area contributed by atoms with E-state index in [9.17, 15) is 0 Å². The molecular formula is C18H35IN6. The average molecular weight is 462 g/mol. The number of guanidine groups is 1. The van der Waals surface area contributed by atoms with Gasteiger partial charge in [-0.3, -0.25) is 4.99 Å². The fraction of sp³-hybridized carbons (Fsp3) is 0.833. The second kappa shape index (κ2) is 11.0. The third kappa shape index (κ3) is 6.42. The second-order valence-corrected chi connectivity index (χ2v) is 7.01. The molecule has 2 N–H and O–H groups in total. The standard InChI is InChI=1S/C18H34N6.HI/c1-6-14(7-2)11-20-18(19-8-3)21-15-9-10-16-22-17(13(4)5)23-24(16)12-15;/h13-15H,6-12H2,1-5H3,(H2,19,20,21);1H. The maximum absolute atomic E-state index is 4.79. The van der Waals surface area contributed by atoms with Crippen molar-refractivity contribution in [3.63, 3.8) is 0 Å². The van der Waals surface area contributed by atoms with Crippen molar-refractivity contribution in [3.8, 4) is 0 Å². The molecular weight excluding hydrogens is 427 g/mol. The van der Waals surface area contributed by atoms with Gasteiger partial charge in [-0.25, -0.2) is 9.67 Å². The molecule has 1 aliphatic rings. The first-order valence-corrected chi connectivity index (χ1v) is 9.55. The summed E-state index contributed by atoms with van der Waals surface area (Å²) in [5.74, 6) is 4.06. The Morgan fingerprint density at radius 1 is 1.28 bits per heavy atom. The van der Waals surface area contributed by atoms with E-state index in [-0.39, 0.29) is 24.0 Å².